The highest BCUT2D eigenvalue weighted by Crippen LogP contribution is 2.10. The van der Waals surface area contributed by atoms with Gasteiger partial charge in [-0.2, -0.15) is 0 Å². The molecule has 1 heterocycles. The topological polar surface area (TPSA) is 77.2 Å². The summed E-state index contributed by atoms with van der Waals surface area (Å²) >= 11 is 1.56. The highest BCUT2D eigenvalue weighted by Gasteiger charge is 2.12. The first-order chi connectivity index (χ1) is 7.13. The maximum atomic E-state index is 11.4. The van der Waals surface area contributed by atoms with E-state index in [0.29, 0.717) is 6.54 Å². The van der Waals surface area contributed by atoms with Crippen molar-refractivity contribution < 1.29 is 9.53 Å². The molecule has 1 aromatic heterocycles. The molecule has 1 amide bonds. The summed E-state index contributed by atoms with van der Waals surface area (Å²) in [6.07, 6.45) is 1.75. The summed E-state index contributed by atoms with van der Waals surface area (Å²) in [4.78, 5) is 16.5. The monoisotopic (exact) mass is 301 g/mol. The number of hydrogen-bond acceptors (Lipinski definition) is 5. The molecule has 1 unspecified atom stereocenters. The fraction of sp³-hybridized carbons (Fsp3) is 0.556. The van der Waals surface area contributed by atoms with Gasteiger partial charge in [-0.25, -0.2) is 4.98 Å². The molecule has 1 rings (SSSR count). The van der Waals surface area contributed by atoms with Crippen molar-refractivity contribution in [2.24, 2.45) is 5.73 Å². The summed E-state index contributed by atoms with van der Waals surface area (Å²) in [6, 6.07) is -0.607. The van der Waals surface area contributed by atoms with Crippen molar-refractivity contribution in [1.82, 2.24) is 10.3 Å². The van der Waals surface area contributed by atoms with E-state index >= 15 is 0 Å². The number of carbonyl (C=O) groups excluding carboxylic acids is 1. The number of nitrogens with two attached hydrogens (primary N) is 1. The number of rotatable bonds is 5. The summed E-state index contributed by atoms with van der Waals surface area (Å²) in [5.74, 6) is -0.206. The van der Waals surface area contributed by atoms with Gasteiger partial charge in [0.1, 0.15) is 6.04 Å². The lowest BCUT2D eigenvalue weighted by molar-refractivity contribution is -0.123. The van der Waals surface area contributed by atoms with Crippen molar-refractivity contribution in [2.45, 2.75) is 19.5 Å². The minimum absolute atomic E-state index is 0. The van der Waals surface area contributed by atoms with Gasteiger partial charge in [0.25, 0.3) is 0 Å². The molecule has 8 heteroatoms. The van der Waals surface area contributed by atoms with Crippen LogP contribution >= 0.6 is 36.2 Å². The molecule has 5 nitrogen and oxygen atoms in total. The average molecular weight is 302 g/mol. The van der Waals surface area contributed by atoms with E-state index < -0.39 is 6.04 Å². The molecule has 0 radical (unpaired) electrons. The Kier molecular flexibility index (Phi) is 10.7. The number of nitrogens with one attached hydrogen (secondary N) is 1. The van der Waals surface area contributed by atoms with Crippen LogP contribution in [-0.4, -0.2) is 30.6 Å². The highest BCUT2D eigenvalue weighted by atomic mass is 35.5. The van der Waals surface area contributed by atoms with Crippen molar-refractivity contribution in [3.05, 3.63) is 16.1 Å². The maximum Gasteiger partial charge on any atom is 0.239 e. The Morgan fingerprint density at radius 3 is 2.76 bits per heavy atom. The van der Waals surface area contributed by atoms with E-state index in [-0.39, 0.29) is 37.3 Å². The van der Waals surface area contributed by atoms with Gasteiger partial charge in [-0.15, -0.1) is 36.2 Å². The van der Waals surface area contributed by atoms with Crippen LogP contribution in [0.5, 0.6) is 0 Å². The smallest absolute Gasteiger partial charge is 0.239 e. The quantitative estimate of drug-likeness (QED) is 0.846. The predicted octanol–water partition coefficient (Wildman–Crippen LogP) is 0.885. The first kappa shape index (κ1) is 19.0. The largest absolute Gasteiger partial charge is 0.383 e. The number of halogens is 2. The molecular weight excluding hydrogens is 285 g/mol. The van der Waals surface area contributed by atoms with Crippen LogP contribution in [0.2, 0.25) is 0 Å². The molecular formula is C9H17Cl2N3O2S. The lowest BCUT2D eigenvalue weighted by atomic mass is 10.3. The molecule has 0 aliphatic rings. The second-order valence-electron chi connectivity index (χ2n) is 3.13. The lowest BCUT2D eigenvalue weighted by Crippen LogP contribution is -2.43. The zero-order chi connectivity index (χ0) is 11.3. The van der Waals surface area contributed by atoms with Gasteiger partial charge in [-0.05, 0) is 6.92 Å². The molecule has 0 aliphatic carbocycles. The summed E-state index contributed by atoms with van der Waals surface area (Å²) in [7, 11) is 1.51. The van der Waals surface area contributed by atoms with E-state index in [1.807, 2.05) is 6.92 Å². The van der Waals surface area contributed by atoms with Gasteiger partial charge in [-0.1, -0.05) is 0 Å². The zero-order valence-corrected chi connectivity index (χ0v) is 12.1. The number of carbonyl (C=O) groups is 1. The fourth-order valence-electron chi connectivity index (χ4n) is 1.05. The fourth-order valence-corrected chi connectivity index (χ4v) is 1.78. The number of thiazole rings is 1. The minimum Gasteiger partial charge on any atom is -0.383 e. The molecule has 17 heavy (non-hydrogen) atoms. The predicted molar refractivity (Wildman–Crippen MR) is 73.0 cm³/mol. The van der Waals surface area contributed by atoms with Crippen LogP contribution < -0.4 is 11.1 Å². The lowest BCUT2D eigenvalue weighted by Gasteiger charge is -2.09. The van der Waals surface area contributed by atoms with Crippen LogP contribution in [0.25, 0.3) is 0 Å². The molecule has 0 saturated heterocycles. The van der Waals surface area contributed by atoms with Crippen molar-refractivity contribution >= 4 is 42.1 Å². The standard InChI is InChI=1S/C9H15N3O2S.2ClH/c1-6-11-3-7(15-6)4-12-9(13)8(10)5-14-2;;/h3,8H,4-5,10H2,1-2H3,(H,12,13);2*1H. The second kappa shape index (κ2) is 9.61. The first-order valence-electron chi connectivity index (χ1n) is 4.57. The van der Waals surface area contributed by atoms with Crippen LogP contribution in [0.4, 0.5) is 0 Å². The second-order valence-corrected chi connectivity index (χ2v) is 4.44. The first-order valence-corrected chi connectivity index (χ1v) is 5.38. The number of amides is 1. The summed E-state index contributed by atoms with van der Waals surface area (Å²) in [5, 5.41) is 3.71. The van der Waals surface area contributed by atoms with Gasteiger partial charge in [0.05, 0.1) is 18.2 Å². The molecule has 0 saturated carbocycles. The Labute approximate surface area is 117 Å². The van der Waals surface area contributed by atoms with Crippen LogP contribution in [0, 0.1) is 6.92 Å². The minimum atomic E-state index is -0.607. The average Bonchev–Trinajstić information content (AvgIpc) is 2.61. The molecule has 0 fully saturated rings. The third kappa shape index (κ3) is 6.80. The zero-order valence-electron chi connectivity index (χ0n) is 9.63. The van der Waals surface area contributed by atoms with Gasteiger partial charge < -0.3 is 15.8 Å². The number of methoxy groups -OCH3 is 1. The number of aryl methyl sites for hydroxylation is 1. The van der Waals surface area contributed by atoms with E-state index in [0.717, 1.165) is 9.88 Å². The highest BCUT2D eigenvalue weighted by molar-refractivity contribution is 7.11. The number of hydrogen-bond donors (Lipinski definition) is 2. The van der Waals surface area contributed by atoms with Gasteiger partial charge in [-0.3, -0.25) is 4.79 Å². The number of ether oxygens (including phenoxy) is 1. The number of nitrogens with zero attached hydrogens (tertiary/aromatic N) is 1. The summed E-state index contributed by atoms with van der Waals surface area (Å²) in [5.41, 5.74) is 5.55. The Morgan fingerprint density at radius 1 is 1.65 bits per heavy atom. The molecule has 0 aromatic carbocycles. The van der Waals surface area contributed by atoms with Crippen molar-refractivity contribution in [2.75, 3.05) is 13.7 Å². The van der Waals surface area contributed by atoms with Gasteiger partial charge >= 0.3 is 0 Å². The van der Waals surface area contributed by atoms with Crippen LogP contribution in [0.15, 0.2) is 6.20 Å². The molecule has 0 aliphatic heterocycles. The SMILES string of the molecule is COCC(N)C(=O)NCc1cnc(C)s1.Cl.Cl. The van der Waals surface area contributed by atoms with Crippen molar-refractivity contribution in [3.8, 4) is 0 Å². The third-order valence-electron chi connectivity index (χ3n) is 1.79. The Morgan fingerprint density at radius 2 is 2.29 bits per heavy atom. The normalized spacial score (nSPS) is 11.0. The molecule has 1 aromatic rings. The molecule has 0 spiro atoms. The van der Waals surface area contributed by atoms with Crippen molar-refractivity contribution in [3.63, 3.8) is 0 Å². The van der Waals surface area contributed by atoms with E-state index in [2.05, 4.69) is 10.3 Å². The Balaban J connectivity index is 0. The van der Waals surface area contributed by atoms with Crippen molar-refractivity contribution in [1.29, 1.82) is 0 Å². The van der Waals surface area contributed by atoms with E-state index in [9.17, 15) is 4.79 Å². The molecule has 1 atom stereocenters. The van der Waals surface area contributed by atoms with E-state index in [4.69, 9.17) is 10.5 Å². The summed E-state index contributed by atoms with van der Waals surface area (Å²) < 4.78 is 4.79. The Bertz CT molecular complexity index is 336. The van der Waals surface area contributed by atoms with E-state index in [1.54, 1.807) is 17.5 Å². The molecule has 3 N–H and O–H groups in total. The third-order valence-corrected chi connectivity index (χ3v) is 2.70. The Hall–Kier alpha value is -0.400. The summed E-state index contributed by atoms with van der Waals surface area (Å²) in [6.45, 7) is 2.63. The van der Waals surface area contributed by atoms with Crippen LogP contribution in [-0.2, 0) is 16.1 Å². The molecule has 100 valence electrons. The van der Waals surface area contributed by atoms with Crippen LogP contribution in [0.1, 0.15) is 9.88 Å². The van der Waals surface area contributed by atoms with Gasteiger partial charge in [0, 0.05) is 18.2 Å². The van der Waals surface area contributed by atoms with Gasteiger partial charge in [0.2, 0.25) is 5.91 Å². The van der Waals surface area contributed by atoms with E-state index in [1.165, 1.54) is 7.11 Å². The van der Waals surface area contributed by atoms with Crippen LogP contribution in [0.3, 0.4) is 0 Å². The number of aromatic nitrogens is 1. The van der Waals surface area contributed by atoms with Gasteiger partial charge in [0.15, 0.2) is 0 Å². The maximum absolute atomic E-state index is 11.4. The molecule has 0 bridgehead atoms.